The first-order chi connectivity index (χ1) is 19.8. The van der Waals surface area contributed by atoms with Gasteiger partial charge in [-0.3, -0.25) is 24.1 Å². The van der Waals surface area contributed by atoms with Crippen LogP contribution in [-0.2, 0) is 23.9 Å². The van der Waals surface area contributed by atoms with E-state index in [1.807, 2.05) is 24.3 Å². The molecule has 0 saturated carbocycles. The molecule has 2 atom stereocenters. The molecule has 41 heavy (non-hydrogen) atoms. The summed E-state index contributed by atoms with van der Waals surface area (Å²) < 4.78 is 5.07. The smallest absolute Gasteiger partial charge is 0.306 e. The van der Waals surface area contributed by atoms with E-state index >= 15 is 0 Å². The Morgan fingerprint density at radius 2 is 1.32 bits per heavy atom. The highest BCUT2D eigenvalue weighted by molar-refractivity contribution is 6.42. The van der Waals surface area contributed by atoms with Crippen LogP contribution in [-0.4, -0.2) is 41.7 Å². The third kappa shape index (κ3) is 5.02. The molecule has 1 saturated heterocycles. The molecule has 7 nitrogen and oxygen atoms in total. The molecule has 1 fully saturated rings. The second-order valence-corrected chi connectivity index (χ2v) is 11.6. The van der Waals surface area contributed by atoms with Crippen LogP contribution in [0.25, 0.3) is 0 Å². The molecule has 9 heteroatoms. The van der Waals surface area contributed by atoms with Gasteiger partial charge in [0.25, 0.3) is 5.91 Å². The van der Waals surface area contributed by atoms with E-state index < -0.39 is 18.5 Å². The average molecular weight is 591 g/mol. The van der Waals surface area contributed by atoms with Gasteiger partial charge in [-0.05, 0) is 53.3 Å². The van der Waals surface area contributed by atoms with Crippen molar-refractivity contribution in [2.45, 2.75) is 37.5 Å². The molecule has 1 N–H and O–H groups in total. The molecule has 3 aromatic carbocycles. The standard InChI is InChI=1S/C32H28Cl2N2O5/c33-23-14-13-18(16-24(23)34)35-25(37)17-41-26(38)12-2-1-7-15-36-31(39)29-27-19-8-3-4-9-20(19)28(30(29)32(36)40)22-11-6-5-10-21(22)27/h3-6,8-11,13-14,16,27-30H,1-2,7,12,15,17H2,(H,35,37)/t27?,28?,29-,30-/m0/s1. The number of benzene rings is 3. The fraction of sp³-hybridized carbons (Fsp3) is 0.312. The zero-order chi connectivity index (χ0) is 28.7. The Labute approximate surface area is 247 Å². The van der Waals surface area contributed by atoms with E-state index in [1.54, 1.807) is 12.1 Å². The molecule has 4 aliphatic rings. The van der Waals surface area contributed by atoms with Gasteiger partial charge in [-0.1, -0.05) is 78.2 Å². The van der Waals surface area contributed by atoms with Crippen molar-refractivity contribution in [3.8, 4) is 0 Å². The fourth-order valence-corrected chi connectivity index (χ4v) is 6.96. The van der Waals surface area contributed by atoms with Crippen molar-refractivity contribution >= 4 is 52.6 Å². The monoisotopic (exact) mass is 590 g/mol. The van der Waals surface area contributed by atoms with Gasteiger partial charge in [0.15, 0.2) is 6.61 Å². The highest BCUT2D eigenvalue weighted by Gasteiger charge is 2.61. The summed E-state index contributed by atoms with van der Waals surface area (Å²) >= 11 is 11.8. The number of anilines is 1. The highest BCUT2D eigenvalue weighted by Crippen LogP contribution is 2.60. The summed E-state index contributed by atoms with van der Waals surface area (Å²) in [6.45, 7) is -0.0797. The first-order valence-electron chi connectivity index (χ1n) is 13.8. The molecule has 210 valence electrons. The zero-order valence-corrected chi connectivity index (χ0v) is 23.7. The van der Waals surface area contributed by atoms with Crippen molar-refractivity contribution in [1.82, 2.24) is 4.90 Å². The number of likely N-dealkylation sites (tertiary alicyclic amines) is 1. The van der Waals surface area contributed by atoms with E-state index in [0.717, 1.165) is 22.3 Å². The first kappa shape index (κ1) is 27.5. The number of carbonyl (C=O) groups is 4. The minimum atomic E-state index is -0.485. The van der Waals surface area contributed by atoms with Crippen molar-refractivity contribution in [3.05, 3.63) is 99.0 Å². The number of halogens is 2. The molecule has 0 aromatic heterocycles. The number of unbranched alkanes of at least 4 members (excludes halogenated alkanes) is 2. The summed E-state index contributed by atoms with van der Waals surface area (Å²) in [5.74, 6) is -2.12. The quantitative estimate of drug-likeness (QED) is 0.189. The number of rotatable bonds is 9. The summed E-state index contributed by atoms with van der Waals surface area (Å²) in [6.07, 6.45) is 1.90. The maximum Gasteiger partial charge on any atom is 0.306 e. The van der Waals surface area contributed by atoms with Crippen molar-refractivity contribution in [2.24, 2.45) is 11.8 Å². The number of amides is 3. The second-order valence-electron chi connectivity index (χ2n) is 10.7. The lowest BCUT2D eigenvalue weighted by atomic mass is 9.55. The van der Waals surface area contributed by atoms with Crippen LogP contribution < -0.4 is 5.32 Å². The van der Waals surface area contributed by atoms with Gasteiger partial charge in [-0.2, -0.15) is 0 Å². The molecule has 0 spiro atoms. The van der Waals surface area contributed by atoms with Crippen molar-refractivity contribution in [2.75, 3.05) is 18.5 Å². The predicted molar refractivity (Wildman–Crippen MR) is 155 cm³/mol. The topological polar surface area (TPSA) is 92.8 Å². The van der Waals surface area contributed by atoms with E-state index in [2.05, 4.69) is 29.6 Å². The maximum absolute atomic E-state index is 13.6. The molecule has 1 heterocycles. The van der Waals surface area contributed by atoms with E-state index in [-0.39, 0.29) is 41.9 Å². The lowest BCUT2D eigenvalue weighted by Crippen LogP contribution is -2.41. The van der Waals surface area contributed by atoms with Crippen molar-refractivity contribution in [3.63, 3.8) is 0 Å². The number of ether oxygens (including phenoxy) is 1. The Morgan fingerprint density at radius 3 is 1.85 bits per heavy atom. The Hall–Kier alpha value is -3.68. The van der Waals surface area contributed by atoms with E-state index in [4.69, 9.17) is 27.9 Å². The van der Waals surface area contributed by atoms with Gasteiger partial charge in [0.05, 0.1) is 21.9 Å². The van der Waals surface area contributed by atoms with Crippen molar-refractivity contribution in [1.29, 1.82) is 0 Å². The van der Waals surface area contributed by atoms with Crippen LogP contribution in [0.1, 0.15) is 59.8 Å². The molecule has 3 aromatic rings. The third-order valence-corrected chi connectivity index (χ3v) is 9.11. The largest absolute Gasteiger partial charge is 0.456 e. The maximum atomic E-state index is 13.6. The SMILES string of the molecule is O=C(COC(=O)CCCCCN1C(=O)[C@H]2C3c4ccccc4C(c4ccccc43)[C@@H]2C1=O)Nc1ccc(Cl)c(Cl)c1. The molecule has 3 aliphatic carbocycles. The van der Waals surface area contributed by atoms with Gasteiger partial charge in [-0.15, -0.1) is 0 Å². The molecule has 7 rings (SSSR count). The average Bonchev–Trinajstić information content (AvgIpc) is 3.23. The van der Waals surface area contributed by atoms with Crippen LogP contribution in [0.2, 0.25) is 10.0 Å². The summed E-state index contributed by atoms with van der Waals surface area (Å²) in [5, 5.41) is 3.27. The third-order valence-electron chi connectivity index (χ3n) is 8.37. The summed E-state index contributed by atoms with van der Waals surface area (Å²) in [4.78, 5) is 52.9. The Bertz CT molecular complexity index is 1440. The minimum absolute atomic E-state index is 0.0913. The normalized spacial score (nSPS) is 21.8. The zero-order valence-electron chi connectivity index (χ0n) is 22.1. The lowest BCUT2D eigenvalue weighted by molar-refractivity contribution is -0.147. The summed E-state index contributed by atoms with van der Waals surface area (Å²) in [6, 6.07) is 21.1. The van der Waals surface area contributed by atoms with Crippen LogP contribution in [0.4, 0.5) is 5.69 Å². The van der Waals surface area contributed by atoms with Gasteiger partial charge in [0.2, 0.25) is 11.8 Å². The molecule has 0 unspecified atom stereocenters. The van der Waals surface area contributed by atoms with Crippen LogP contribution >= 0.6 is 23.2 Å². The van der Waals surface area contributed by atoms with Crippen molar-refractivity contribution < 1.29 is 23.9 Å². The number of imide groups is 1. The molecular weight excluding hydrogens is 563 g/mol. The van der Waals surface area contributed by atoms with Gasteiger partial charge < -0.3 is 10.1 Å². The van der Waals surface area contributed by atoms with E-state index in [0.29, 0.717) is 41.5 Å². The van der Waals surface area contributed by atoms with Crippen LogP contribution in [0.5, 0.6) is 0 Å². The van der Waals surface area contributed by atoms with Gasteiger partial charge in [0, 0.05) is 30.5 Å². The van der Waals surface area contributed by atoms with Gasteiger partial charge in [-0.25, -0.2) is 0 Å². The Kier molecular flexibility index (Phi) is 7.58. The molecular formula is C32H28Cl2N2O5. The van der Waals surface area contributed by atoms with Crippen LogP contribution in [0.15, 0.2) is 66.7 Å². The van der Waals surface area contributed by atoms with Crippen LogP contribution in [0.3, 0.4) is 0 Å². The van der Waals surface area contributed by atoms with E-state index in [9.17, 15) is 19.2 Å². The number of hydrogen-bond acceptors (Lipinski definition) is 5. The Balaban J connectivity index is 0.993. The molecule has 2 bridgehead atoms. The number of nitrogens with zero attached hydrogens (tertiary/aromatic N) is 1. The number of esters is 1. The molecule has 3 amide bonds. The predicted octanol–water partition coefficient (Wildman–Crippen LogP) is 5.93. The van der Waals surface area contributed by atoms with Gasteiger partial charge in [0.1, 0.15) is 0 Å². The summed E-state index contributed by atoms with van der Waals surface area (Å²) in [5.41, 5.74) is 5.08. The Morgan fingerprint density at radius 1 is 0.756 bits per heavy atom. The lowest BCUT2D eigenvalue weighted by Gasteiger charge is -2.45. The molecule has 1 aliphatic heterocycles. The fourth-order valence-electron chi connectivity index (χ4n) is 6.66. The molecule has 0 radical (unpaired) electrons. The van der Waals surface area contributed by atoms with Gasteiger partial charge >= 0.3 is 5.97 Å². The first-order valence-corrected chi connectivity index (χ1v) is 14.5. The summed E-state index contributed by atoms with van der Waals surface area (Å²) in [7, 11) is 0. The second kappa shape index (κ2) is 11.3. The van der Waals surface area contributed by atoms with E-state index in [1.165, 1.54) is 11.0 Å². The number of carbonyl (C=O) groups excluding carboxylic acids is 4. The number of hydrogen-bond donors (Lipinski definition) is 1. The highest BCUT2D eigenvalue weighted by atomic mass is 35.5. The minimum Gasteiger partial charge on any atom is -0.456 e. The number of nitrogens with one attached hydrogen (secondary N) is 1. The van der Waals surface area contributed by atoms with Crippen LogP contribution in [0, 0.1) is 11.8 Å².